The first-order chi connectivity index (χ1) is 9.17. The quantitative estimate of drug-likeness (QED) is 0.720. The van der Waals surface area contributed by atoms with E-state index in [1.165, 1.54) is 24.8 Å². The SMILES string of the molecule is CC1(C)CC(NCc2cc(Br)ccc2Cl)CC(C)(C)C1. The van der Waals surface area contributed by atoms with Crippen LogP contribution in [0.2, 0.25) is 5.02 Å². The second-order valence-corrected chi connectivity index (χ2v) is 9.05. The van der Waals surface area contributed by atoms with Gasteiger partial charge in [-0.1, -0.05) is 55.2 Å². The first kappa shape index (κ1) is 16.3. The molecular formula is C17H25BrClN. The van der Waals surface area contributed by atoms with Crippen molar-refractivity contribution < 1.29 is 0 Å². The van der Waals surface area contributed by atoms with Crippen LogP contribution in [0.3, 0.4) is 0 Å². The van der Waals surface area contributed by atoms with E-state index in [4.69, 9.17) is 11.6 Å². The van der Waals surface area contributed by atoms with Crippen molar-refractivity contribution in [1.29, 1.82) is 0 Å². The van der Waals surface area contributed by atoms with Gasteiger partial charge < -0.3 is 5.32 Å². The average Bonchev–Trinajstić information content (AvgIpc) is 2.26. The number of hydrogen-bond donors (Lipinski definition) is 1. The van der Waals surface area contributed by atoms with Crippen LogP contribution in [0.4, 0.5) is 0 Å². The molecule has 1 aliphatic rings. The highest BCUT2D eigenvalue weighted by atomic mass is 79.9. The van der Waals surface area contributed by atoms with Crippen molar-refractivity contribution in [3.05, 3.63) is 33.3 Å². The topological polar surface area (TPSA) is 12.0 Å². The number of halogens is 2. The summed E-state index contributed by atoms with van der Waals surface area (Å²) in [7, 11) is 0. The van der Waals surface area contributed by atoms with E-state index in [1.807, 2.05) is 12.1 Å². The minimum Gasteiger partial charge on any atom is -0.310 e. The molecule has 0 radical (unpaired) electrons. The molecule has 0 bridgehead atoms. The van der Waals surface area contributed by atoms with E-state index in [0.717, 1.165) is 16.0 Å². The first-order valence-corrected chi connectivity index (χ1v) is 8.51. The molecule has 1 N–H and O–H groups in total. The maximum atomic E-state index is 6.27. The molecule has 0 aliphatic heterocycles. The van der Waals surface area contributed by atoms with Gasteiger partial charge in [0.05, 0.1) is 0 Å². The molecule has 3 heteroatoms. The lowest BCUT2D eigenvalue weighted by molar-refractivity contribution is 0.0845. The number of benzene rings is 1. The third-order valence-electron chi connectivity index (χ3n) is 4.14. The maximum Gasteiger partial charge on any atom is 0.0451 e. The number of rotatable bonds is 3. The molecule has 112 valence electrons. The van der Waals surface area contributed by atoms with Crippen molar-refractivity contribution in [3.8, 4) is 0 Å². The maximum absolute atomic E-state index is 6.27. The molecule has 0 saturated heterocycles. The van der Waals surface area contributed by atoms with Crippen molar-refractivity contribution in [2.45, 2.75) is 59.5 Å². The predicted molar refractivity (Wildman–Crippen MR) is 91.2 cm³/mol. The number of nitrogens with one attached hydrogen (secondary N) is 1. The van der Waals surface area contributed by atoms with Gasteiger partial charge in [0.1, 0.15) is 0 Å². The molecule has 1 aromatic carbocycles. The zero-order chi connectivity index (χ0) is 15.0. The van der Waals surface area contributed by atoms with Crippen LogP contribution in [0.15, 0.2) is 22.7 Å². The Morgan fingerprint density at radius 1 is 1.20 bits per heavy atom. The summed E-state index contributed by atoms with van der Waals surface area (Å²) in [5.41, 5.74) is 2.00. The lowest BCUT2D eigenvalue weighted by atomic mass is 9.63. The van der Waals surface area contributed by atoms with E-state index in [1.54, 1.807) is 0 Å². The molecule has 20 heavy (non-hydrogen) atoms. The van der Waals surface area contributed by atoms with Gasteiger partial charge >= 0.3 is 0 Å². The highest BCUT2D eigenvalue weighted by Gasteiger charge is 2.38. The van der Waals surface area contributed by atoms with Crippen LogP contribution in [0.1, 0.15) is 52.5 Å². The Labute approximate surface area is 136 Å². The minimum atomic E-state index is 0.417. The van der Waals surface area contributed by atoms with E-state index < -0.39 is 0 Å². The molecule has 1 nitrogen and oxygen atoms in total. The lowest BCUT2D eigenvalue weighted by Crippen LogP contribution is -2.43. The van der Waals surface area contributed by atoms with E-state index in [-0.39, 0.29) is 0 Å². The van der Waals surface area contributed by atoms with Crippen molar-refractivity contribution in [2.75, 3.05) is 0 Å². The number of hydrogen-bond acceptors (Lipinski definition) is 1. The molecule has 0 atom stereocenters. The fourth-order valence-corrected chi connectivity index (χ4v) is 4.52. The van der Waals surface area contributed by atoms with Gasteiger partial charge in [-0.2, -0.15) is 0 Å². The van der Waals surface area contributed by atoms with E-state index in [0.29, 0.717) is 16.9 Å². The molecule has 0 aromatic heterocycles. The molecule has 0 spiro atoms. The molecule has 1 fully saturated rings. The summed E-state index contributed by atoms with van der Waals surface area (Å²) in [6, 6.07) is 6.62. The van der Waals surface area contributed by atoms with Gasteiger partial charge in [0.2, 0.25) is 0 Å². The third kappa shape index (κ3) is 4.47. The van der Waals surface area contributed by atoms with E-state index in [9.17, 15) is 0 Å². The normalized spacial score (nSPS) is 21.9. The van der Waals surface area contributed by atoms with Crippen LogP contribution >= 0.6 is 27.5 Å². The van der Waals surface area contributed by atoms with Crippen LogP contribution < -0.4 is 5.32 Å². The van der Waals surface area contributed by atoms with Crippen molar-refractivity contribution in [1.82, 2.24) is 5.32 Å². The molecule has 0 heterocycles. The van der Waals surface area contributed by atoms with E-state index in [2.05, 4.69) is 55.0 Å². The molecule has 1 aliphatic carbocycles. The summed E-state index contributed by atoms with van der Waals surface area (Å²) in [5, 5.41) is 4.55. The van der Waals surface area contributed by atoms with Gasteiger partial charge in [0.25, 0.3) is 0 Å². The Morgan fingerprint density at radius 3 is 2.40 bits per heavy atom. The average molecular weight is 359 g/mol. The largest absolute Gasteiger partial charge is 0.310 e. The van der Waals surface area contributed by atoms with Gasteiger partial charge in [-0.25, -0.2) is 0 Å². The highest BCUT2D eigenvalue weighted by molar-refractivity contribution is 9.10. The highest BCUT2D eigenvalue weighted by Crippen LogP contribution is 2.45. The second-order valence-electron chi connectivity index (χ2n) is 7.73. The van der Waals surface area contributed by atoms with Crippen LogP contribution in [0.25, 0.3) is 0 Å². The fourth-order valence-electron chi connectivity index (χ4n) is 3.92. The molecule has 0 amide bonds. The monoisotopic (exact) mass is 357 g/mol. The zero-order valence-electron chi connectivity index (χ0n) is 12.9. The summed E-state index contributed by atoms with van der Waals surface area (Å²) < 4.78 is 1.09. The van der Waals surface area contributed by atoms with E-state index >= 15 is 0 Å². The fraction of sp³-hybridized carbons (Fsp3) is 0.647. The Kier molecular flexibility index (Phi) is 4.88. The standard InChI is InChI=1S/C17H25BrClN/c1-16(2)8-14(9-17(3,4)11-16)20-10-12-7-13(18)5-6-15(12)19/h5-7,14,20H,8-11H2,1-4H3. The van der Waals surface area contributed by atoms with Gasteiger partial charge in [-0.15, -0.1) is 0 Å². The molecule has 0 unspecified atom stereocenters. The Balaban J connectivity index is 2.01. The Hall–Kier alpha value is -0.0500. The van der Waals surface area contributed by atoms with Crippen molar-refractivity contribution in [3.63, 3.8) is 0 Å². The van der Waals surface area contributed by atoms with Crippen LogP contribution in [-0.2, 0) is 6.54 Å². The summed E-state index contributed by atoms with van der Waals surface area (Å²) in [5.74, 6) is 0. The van der Waals surface area contributed by atoms with Gasteiger partial charge in [0, 0.05) is 22.1 Å². The van der Waals surface area contributed by atoms with Gasteiger partial charge in [-0.3, -0.25) is 0 Å². The third-order valence-corrected chi connectivity index (χ3v) is 5.01. The minimum absolute atomic E-state index is 0.417. The summed E-state index contributed by atoms with van der Waals surface area (Å²) in [4.78, 5) is 0. The lowest BCUT2D eigenvalue weighted by Gasteiger charge is -2.45. The van der Waals surface area contributed by atoms with Gasteiger partial charge in [-0.05, 0) is 53.9 Å². The second kappa shape index (κ2) is 5.98. The van der Waals surface area contributed by atoms with Crippen LogP contribution in [-0.4, -0.2) is 6.04 Å². The zero-order valence-corrected chi connectivity index (χ0v) is 15.2. The molecule has 1 aromatic rings. The summed E-state index contributed by atoms with van der Waals surface area (Å²) in [6.07, 6.45) is 3.78. The van der Waals surface area contributed by atoms with Crippen LogP contribution in [0.5, 0.6) is 0 Å². The smallest absolute Gasteiger partial charge is 0.0451 e. The summed E-state index contributed by atoms with van der Waals surface area (Å²) >= 11 is 9.78. The van der Waals surface area contributed by atoms with Gasteiger partial charge in [0.15, 0.2) is 0 Å². The predicted octanol–water partition coefficient (Wildman–Crippen LogP) is 5.80. The Bertz CT molecular complexity index is 466. The molecular weight excluding hydrogens is 334 g/mol. The van der Waals surface area contributed by atoms with Crippen molar-refractivity contribution >= 4 is 27.5 Å². The Morgan fingerprint density at radius 2 is 1.80 bits per heavy atom. The molecule has 1 saturated carbocycles. The molecule has 2 rings (SSSR count). The first-order valence-electron chi connectivity index (χ1n) is 7.34. The van der Waals surface area contributed by atoms with Crippen LogP contribution in [0, 0.1) is 10.8 Å². The summed E-state index contributed by atoms with van der Waals surface area (Å²) in [6.45, 7) is 10.4. The van der Waals surface area contributed by atoms with Crippen molar-refractivity contribution in [2.24, 2.45) is 10.8 Å².